The zero-order valence-electron chi connectivity index (χ0n) is 11.1. The number of hydrogen-bond acceptors (Lipinski definition) is 4. The van der Waals surface area contributed by atoms with Gasteiger partial charge < -0.3 is 16.2 Å². The second kappa shape index (κ2) is 5.59. The summed E-state index contributed by atoms with van der Waals surface area (Å²) < 4.78 is 1.03. The van der Waals surface area contributed by atoms with Crippen molar-refractivity contribution in [3.8, 4) is 0 Å². The minimum Gasteiger partial charge on any atom is -0.397 e. The molecule has 0 radical (unpaired) electrons. The van der Waals surface area contributed by atoms with E-state index < -0.39 is 6.10 Å². The quantitative estimate of drug-likeness (QED) is 0.803. The molecule has 1 unspecified atom stereocenters. The standard InChI is InChI=1S/C14H18N2O2S/c1-8-3-4-10-11(7-8)19-13(12(10)15)14(18)16-6-5-9(2)17/h3-4,7,9,17H,5-6,15H2,1-2H3,(H,16,18). The number of nitrogens with two attached hydrogens (primary N) is 1. The zero-order chi connectivity index (χ0) is 14.0. The number of benzene rings is 1. The summed E-state index contributed by atoms with van der Waals surface area (Å²) in [6.45, 7) is 4.16. The number of carbonyl (C=O) groups excluding carboxylic acids is 1. The Bertz CT molecular complexity index is 605. The predicted octanol–water partition coefficient (Wildman–Crippen LogP) is 2.29. The van der Waals surface area contributed by atoms with Crippen LogP contribution in [0.25, 0.3) is 10.1 Å². The van der Waals surface area contributed by atoms with Gasteiger partial charge in [0.2, 0.25) is 0 Å². The molecule has 2 aromatic rings. The maximum atomic E-state index is 12.0. The summed E-state index contributed by atoms with van der Waals surface area (Å²) >= 11 is 1.41. The van der Waals surface area contributed by atoms with Gasteiger partial charge >= 0.3 is 0 Å². The second-order valence-electron chi connectivity index (χ2n) is 4.74. The van der Waals surface area contributed by atoms with Crippen molar-refractivity contribution in [2.75, 3.05) is 12.3 Å². The summed E-state index contributed by atoms with van der Waals surface area (Å²) in [5.74, 6) is -0.169. The Balaban J connectivity index is 2.20. The van der Waals surface area contributed by atoms with E-state index in [1.165, 1.54) is 11.3 Å². The number of aliphatic hydroxyl groups is 1. The van der Waals surface area contributed by atoms with Crippen LogP contribution in [0.1, 0.15) is 28.6 Å². The number of fused-ring (bicyclic) bond motifs is 1. The van der Waals surface area contributed by atoms with E-state index in [2.05, 4.69) is 5.32 Å². The van der Waals surface area contributed by atoms with Crippen molar-refractivity contribution >= 4 is 33.0 Å². The van der Waals surface area contributed by atoms with Crippen molar-refractivity contribution in [3.05, 3.63) is 28.6 Å². The average Bonchev–Trinajstić information content (AvgIpc) is 2.65. The van der Waals surface area contributed by atoms with Gasteiger partial charge in [-0.2, -0.15) is 0 Å². The van der Waals surface area contributed by atoms with Crippen molar-refractivity contribution in [1.29, 1.82) is 0 Å². The molecule has 1 aromatic carbocycles. The van der Waals surface area contributed by atoms with E-state index in [1.54, 1.807) is 6.92 Å². The lowest BCUT2D eigenvalue weighted by molar-refractivity contribution is 0.0950. The van der Waals surface area contributed by atoms with Crippen LogP contribution in [0.4, 0.5) is 5.69 Å². The van der Waals surface area contributed by atoms with Gasteiger partial charge in [-0.05, 0) is 31.9 Å². The van der Waals surface area contributed by atoms with Gasteiger partial charge in [0.25, 0.3) is 5.91 Å². The molecule has 0 saturated heterocycles. The lowest BCUT2D eigenvalue weighted by atomic mass is 10.1. The van der Waals surface area contributed by atoms with Crippen LogP contribution in [0.3, 0.4) is 0 Å². The fourth-order valence-corrected chi connectivity index (χ4v) is 3.00. The van der Waals surface area contributed by atoms with E-state index in [-0.39, 0.29) is 5.91 Å². The molecule has 2 rings (SSSR count). The minimum atomic E-state index is -0.414. The monoisotopic (exact) mass is 278 g/mol. The Kier molecular flexibility index (Phi) is 4.07. The highest BCUT2D eigenvalue weighted by Gasteiger charge is 2.16. The lowest BCUT2D eigenvalue weighted by Gasteiger charge is -2.05. The van der Waals surface area contributed by atoms with Crippen molar-refractivity contribution in [2.45, 2.75) is 26.4 Å². The first-order chi connectivity index (χ1) is 8.99. The van der Waals surface area contributed by atoms with Gasteiger partial charge in [-0.1, -0.05) is 12.1 Å². The first kappa shape index (κ1) is 13.8. The first-order valence-electron chi connectivity index (χ1n) is 6.24. The topological polar surface area (TPSA) is 75.4 Å². The third-order valence-electron chi connectivity index (χ3n) is 2.94. The molecule has 1 heterocycles. The van der Waals surface area contributed by atoms with Gasteiger partial charge in [0.05, 0.1) is 11.8 Å². The molecule has 4 N–H and O–H groups in total. The van der Waals surface area contributed by atoms with Crippen LogP contribution in [0.15, 0.2) is 18.2 Å². The molecule has 102 valence electrons. The van der Waals surface area contributed by atoms with Crippen LogP contribution in [0, 0.1) is 6.92 Å². The van der Waals surface area contributed by atoms with E-state index in [4.69, 9.17) is 10.8 Å². The fourth-order valence-electron chi connectivity index (χ4n) is 1.87. The zero-order valence-corrected chi connectivity index (χ0v) is 11.9. The maximum absolute atomic E-state index is 12.0. The molecule has 0 aliphatic carbocycles. The van der Waals surface area contributed by atoms with Crippen LogP contribution in [-0.2, 0) is 0 Å². The predicted molar refractivity (Wildman–Crippen MR) is 79.6 cm³/mol. The highest BCUT2D eigenvalue weighted by molar-refractivity contribution is 7.21. The first-order valence-corrected chi connectivity index (χ1v) is 7.05. The molecule has 0 fully saturated rings. The van der Waals surface area contributed by atoms with E-state index in [0.29, 0.717) is 23.5 Å². The largest absolute Gasteiger partial charge is 0.397 e. The molecule has 1 atom stereocenters. The summed E-state index contributed by atoms with van der Waals surface area (Å²) in [5, 5.41) is 12.9. The van der Waals surface area contributed by atoms with Gasteiger partial charge in [0.15, 0.2) is 0 Å². The van der Waals surface area contributed by atoms with Crippen LogP contribution in [0.2, 0.25) is 0 Å². The summed E-state index contributed by atoms with van der Waals surface area (Å²) in [6.07, 6.45) is 0.123. The smallest absolute Gasteiger partial charge is 0.263 e. The molecule has 5 heteroatoms. The molecule has 0 saturated carbocycles. The third kappa shape index (κ3) is 3.05. The molecule has 4 nitrogen and oxygen atoms in total. The summed E-state index contributed by atoms with van der Waals surface area (Å²) in [6, 6.07) is 5.96. The van der Waals surface area contributed by atoms with Crippen molar-refractivity contribution in [1.82, 2.24) is 5.32 Å². The molecule has 0 bridgehead atoms. The molecule has 0 aliphatic rings. The molecule has 19 heavy (non-hydrogen) atoms. The second-order valence-corrected chi connectivity index (χ2v) is 5.79. The van der Waals surface area contributed by atoms with Crippen LogP contribution in [-0.4, -0.2) is 23.7 Å². The number of nitrogen functional groups attached to an aromatic ring is 1. The van der Waals surface area contributed by atoms with E-state index in [0.717, 1.165) is 15.6 Å². The average molecular weight is 278 g/mol. The number of anilines is 1. The molecule has 1 amide bonds. The third-order valence-corrected chi connectivity index (χ3v) is 4.10. The molecule has 0 spiro atoms. The number of rotatable bonds is 4. The van der Waals surface area contributed by atoms with Gasteiger partial charge in [-0.15, -0.1) is 11.3 Å². The number of hydrogen-bond donors (Lipinski definition) is 3. The summed E-state index contributed by atoms with van der Waals surface area (Å²) in [4.78, 5) is 12.6. The van der Waals surface area contributed by atoms with E-state index >= 15 is 0 Å². The molecule has 1 aromatic heterocycles. The number of carbonyl (C=O) groups is 1. The van der Waals surface area contributed by atoms with Gasteiger partial charge in [0, 0.05) is 16.6 Å². The molecule has 0 aliphatic heterocycles. The number of amides is 1. The number of nitrogens with one attached hydrogen (secondary N) is 1. The van der Waals surface area contributed by atoms with E-state index in [9.17, 15) is 4.79 Å². The fraction of sp³-hybridized carbons (Fsp3) is 0.357. The number of thiophene rings is 1. The summed E-state index contributed by atoms with van der Waals surface area (Å²) in [5.41, 5.74) is 7.71. The van der Waals surface area contributed by atoms with Crippen LogP contribution >= 0.6 is 11.3 Å². The number of aliphatic hydroxyl groups excluding tert-OH is 1. The SMILES string of the molecule is Cc1ccc2c(N)c(C(=O)NCCC(C)O)sc2c1. The highest BCUT2D eigenvalue weighted by Crippen LogP contribution is 2.34. The van der Waals surface area contributed by atoms with E-state index in [1.807, 2.05) is 25.1 Å². The highest BCUT2D eigenvalue weighted by atomic mass is 32.1. The van der Waals surface area contributed by atoms with Gasteiger partial charge in [-0.25, -0.2) is 0 Å². The molecular formula is C14H18N2O2S. The van der Waals surface area contributed by atoms with Gasteiger partial charge in [-0.3, -0.25) is 4.79 Å². The Labute approximate surface area is 116 Å². The van der Waals surface area contributed by atoms with Crippen molar-refractivity contribution < 1.29 is 9.90 Å². The van der Waals surface area contributed by atoms with Crippen molar-refractivity contribution in [3.63, 3.8) is 0 Å². The lowest BCUT2D eigenvalue weighted by Crippen LogP contribution is -2.26. The Morgan fingerprint density at radius 3 is 2.95 bits per heavy atom. The molecular weight excluding hydrogens is 260 g/mol. The van der Waals surface area contributed by atoms with Crippen molar-refractivity contribution in [2.24, 2.45) is 0 Å². The summed E-state index contributed by atoms with van der Waals surface area (Å²) in [7, 11) is 0. The Hall–Kier alpha value is -1.59. The Morgan fingerprint density at radius 1 is 1.53 bits per heavy atom. The van der Waals surface area contributed by atoms with Gasteiger partial charge in [0.1, 0.15) is 4.88 Å². The maximum Gasteiger partial charge on any atom is 0.263 e. The van der Waals surface area contributed by atoms with Crippen LogP contribution < -0.4 is 11.1 Å². The normalized spacial score (nSPS) is 12.6. The van der Waals surface area contributed by atoms with Crippen LogP contribution in [0.5, 0.6) is 0 Å². The minimum absolute atomic E-state index is 0.169. The Morgan fingerprint density at radius 2 is 2.26 bits per heavy atom. The number of aryl methyl sites for hydroxylation is 1.